The van der Waals surface area contributed by atoms with Gasteiger partial charge in [0.05, 0.1) is 22.6 Å². The summed E-state index contributed by atoms with van der Waals surface area (Å²) in [5.74, 6) is -3.59. The van der Waals surface area contributed by atoms with E-state index in [1.165, 1.54) is 36.4 Å². The van der Waals surface area contributed by atoms with Crippen LogP contribution in [0.15, 0.2) is 66.7 Å². The van der Waals surface area contributed by atoms with Crippen LogP contribution in [0.4, 0.5) is 13.2 Å². The third-order valence-electron chi connectivity index (χ3n) is 5.57. The van der Waals surface area contributed by atoms with Crippen LogP contribution < -0.4 is 16.0 Å². The molecule has 0 heterocycles. The molecule has 0 spiro atoms. The number of nitrogens with one attached hydrogen (secondary N) is 3. The summed E-state index contributed by atoms with van der Waals surface area (Å²) in [6.45, 7) is -0.432. The van der Waals surface area contributed by atoms with E-state index in [0.29, 0.717) is 5.56 Å². The molecule has 3 amide bonds. The van der Waals surface area contributed by atoms with Gasteiger partial charge in [0.25, 0.3) is 11.8 Å². The van der Waals surface area contributed by atoms with E-state index < -0.39 is 54.4 Å². The lowest BCUT2D eigenvalue weighted by Crippen LogP contribution is -2.48. The summed E-state index contributed by atoms with van der Waals surface area (Å²) in [6.07, 6.45) is -5.02. The SMILES string of the molecule is O=C(Cc1cccc(C(F)(F)F)c1)NC[C@H](NC(=O)c1ccc(C(=O)NCc2cccc(O)c2)cc1Cl)C(=O)O. The molecule has 210 valence electrons. The second kappa shape index (κ2) is 13.0. The van der Waals surface area contributed by atoms with Crippen LogP contribution in [-0.4, -0.2) is 46.5 Å². The lowest BCUT2D eigenvalue weighted by molar-refractivity contribution is -0.139. The Balaban J connectivity index is 1.57. The van der Waals surface area contributed by atoms with E-state index in [-0.39, 0.29) is 34.0 Å². The summed E-state index contributed by atoms with van der Waals surface area (Å²) in [4.78, 5) is 49.0. The Morgan fingerprint density at radius 2 is 1.57 bits per heavy atom. The van der Waals surface area contributed by atoms with E-state index in [4.69, 9.17) is 11.6 Å². The number of hydrogen-bond acceptors (Lipinski definition) is 5. The van der Waals surface area contributed by atoms with Crippen molar-refractivity contribution in [1.29, 1.82) is 0 Å². The summed E-state index contributed by atoms with van der Waals surface area (Å²) in [6, 6.07) is 12.6. The van der Waals surface area contributed by atoms with Gasteiger partial charge in [-0.05, 0) is 47.5 Å². The number of aliphatic carboxylic acids is 1. The maximum Gasteiger partial charge on any atom is 0.416 e. The van der Waals surface area contributed by atoms with Crippen molar-refractivity contribution in [2.75, 3.05) is 6.54 Å². The number of phenols is 1. The smallest absolute Gasteiger partial charge is 0.416 e. The molecule has 40 heavy (non-hydrogen) atoms. The monoisotopic (exact) mass is 577 g/mol. The highest BCUT2D eigenvalue weighted by molar-refractivity contribution is 6.34. The zero-order valence-corrected chi connectivity index (χ0v) is 21.3. The van der Waals surface area contributed by atoms with Crippen LogP contribution in [-0.2, 0) is 28.7 Å². The molecule has 0 aromatic heterocycles. The third kappa shape index (κ3) is 8.46. The molecule has 3 aromatic rings. The van der Waals surface area contributed by atoms with Crippen LogP contribution >= 0.6 is 11.6 Å². The zero-order valence-electron chi connectivity index (χ0n) is 20.6. The Kier molecular flexibility index (Phi) is 9.73. The Bertz CT molecular complexity index is 1430. The first-order valence-corrected chi connectivity index (χ1v) is 12.0. The van der Waals surface area contributed by atoms with Gasteiger partial charge in [0.1, 0.15) is 11.8 Å². The summed E-state index contributed by atoms with van der Waals surface area (Å²) in [5.41, 5.74) is -0.213. The number of carbonyl (C=O) groups is 4. The highest BCUT2D eigenvalue weighted by atomic mass is 35.5. The van der Waals surface area contributed by atoms with Crippen LogP contribution in [0, 0.1) is 0 Å². The van der Waals surface area contributed by atoms with Gasteiger partial charge in [-0.3, -0.25) is 14.4 Å². The highest BCUT2D eigenvalue weighted by Crippen LogP contribution is 2.29. The van der Waals surface area contributed by atoms with Crippen molar-refractivity contribution < 1.29 is 42.6 Å². The van der Waals surface area contributed by atoms with Crippen molar-refractivity contribution in [3.05, 3.63) is 99.6 Å². The first-order valence-electron chi connectivity index (χ1n) is 11.7. The van der Waals surface area contributed by atoms with Crippen molar-refractivity contribution in [3.63, 3.8) is 0 Å². The maximum atomic E-state index is 12.9. The van der Waals surface area contributed by atoms with E-state index in [1.807, 2.05) is 0 Å². The predicted molar refractivity (Wildman–Crippen MR) is 138 cm³/mol. The minimum atomic E-state index is -4.58. The molecule has 0 aliphatic heterocycles. The van der Waals surface area contributed by atoms with Crippen LogP contribution in [0.3, 0.4) is 0 Å². The first-order chi connectivity index (χ1) is 18.8. The number of halogens is 4. The average Bonchev–Trinajstić information content (AvgIpc) is 2.89. The Labute approximate surface area is 231 Å². The fourth-order valence-electron chi connectivity index (χ4n) is 3.55. The summed E-state index contributed by atoms with van der Waals surface area (Å²) in [5, 5.41) is 26.0. The maximum absolute atomic E-state index is 12.9. The van der Waals surface area contributed by atoms with E-state index in [1.54, 1.807) is 12.1 Å². The van der Waals surface area contributed by atoms with Gasteiger partial charge < -0.3 is 26.2 Å². The minimum Gasteiger partial charge on any atom is -0.508 e. The van der Waals surface area contributed by atoms with Gasteiger partial charge in [-0.2, -0.15) is 13.2 Å². The van der Waals surface area contributed by atoms with Crippen LogP contribution in [0.2, 0.25) is 5.02 Å². The molecule has 1 atom stereocenters. The molecule has 5 N–H and O–H groups in total. The second-order valence-electron chi connectivity index (χ2n) is 8.59. The van der Waals surface area contributed by atoms with Crippen LogP contribution in [0.1, 0.15) is 37.4 Å². The van der Waals surface area contributed by atoms with Gasteiger partial charge in [0.2, 0.25) is 5.91 Å². The number of hydrogen-bond donors (Lipinski definition) is 5. The number of alkyl halides is 3. The van der Waals surface area contributed by atoms with E-state index in [0.717, 1.165) is 18.2 Å². The van der Waals surface area contributed by atoms with Gasteiger partial charge in [-0.15, -0.1) is 0 Å². The second-order valence-corrected chi connectivity index (χ2v) is 9.00. The molecule has 3 rings (SSSR count). The fraction of sp³-hybridized carbons (Fsp3) is 0.185. The normalized spacial score (nSPS) is 11.8. The van der Waals surface area contributed by atoms with Crippen molar-refractivity contribution in [1.82, 2.24) is 16.0 Å². The van der Waals surface area contributed by atoms with Crippen LogP contribution in [0.5, 0.6) is 5.75 Å². The topological polar surface area (TPSA) is 145 Å². The summed E-state index contributed by atoms with van der Waals surface area (Å²) < 4.78 is 38.6. The summed E-state index contributed by atoms with van der Waals surface area (Å²) in [7, 11) is 0. The van der Waals surface area contributed by atoms with E-state index >= 15 is 0 Å². The molecule has 13 heteroatoms. The number of phenolic OH excluding ortho intramolecular Hbond substituents is 1. The predicted octanol–water partition coefficient (Wildman–Crippen LogP) is 3.54. The Hall–Kier alpha value is -4.58. The largest absolute Gasteiger partial charge is 0.508 e. The third-order valence-corrected chi connectivity index (χ3v) is 5.88. The Morgan fingerprint density at radius 1 is 0.875 bits per heavy atom. The number of carboxylic acid groups (broad SMARTS) is 1. The lowest BCUT2D eigenvalue weighted by atomic mass is 10.1. The number of carbonyl (C=O) groups excluding carboxylic acids is 3. The number of benzene rings is 3. The van der Waals surface area contributed by atoms with Crippen LogP contribution in [0.25, 0.3) is 0 Å². The molecule has 0 saturated heterocycles. The van der Waals surface area contributed by atoms with Crippen molar-refractivity contribution in [2.24, 2.45) is 0 Å². The lowest BCUT2D eigenvalue weighted by Gasteiger charge is -2.16. The minimum absolute atomic E-state index is 0.0418. The molecule has 0 aliphatic carbocycles. The number of aromatic hydroxyl groups is 1. The number of carboxylic acids is 1. The average molecular weight is 578 g/mol. The fourth-order valence-corrected chi connectivity index (χ4v) is 3.82. The van der Waals surface area contributed by atoms with Crippen molar-refractivity contribution in [2.45, 2.75) is 25.2 Å². The Morgan fingerprint density at radius 3 is 2.23 bits per heavy atom. The molecule has 0 saturated carbocycles. The van der Waals surface area contributed by atoms with Crippen molar-refractivity contribution in [3.8, 4) is 5.75 Å². The molecule has 0 fully saturated rings. The van der Waals surface area contributed by atoms with Gasteiger partial charge >= 0.3 is 12.1 Å². The van der Waals surface area contributed by atoms with Gasteiger partial charge in [-0.25, -0.2) is 4.79 Å². The molecule has 0 bridgehead atoms. The van der Waals surface area contributed by atoms with Gasteiger partial charge in [0.15, 0.2) is 0 Å². The first kappa shape index (κ1) is 30.0. The quantitative estimate of drug-likeness (QED) is 0.249. The zero-order chi connectivity index (χ0) is 29.4. The van der Waals surface area contributed by atoms with E-state index in [2.05, 4.69) is 16.0 Å². The van der Waals surface area contributed by atoms with Gasteiger partial charge in [-0.1, -0.05) is 41.9 Å². The summed E-state index contributed by atoms with van der Waals surface area (Å²) >= 11 is 6.16. The molecule has 9 nitrogen and oxygen atoms in total. The van der Waals surface area contributed by atoms with Gasteiger partial charge in [0, 0.05) is 18.7 Å². The standard InChI is InChI=1S/C27H23ClF3N3O6/c28-21-12-17(24(37)33-13-16-4-2-6-19(35)10-16)7-8-20(21)25(38)34-22(26(39)40)14-32-23(36)11-15-3-1-5-18(9-15)27(29,30)31/h1-10,12,22,35H,11,13-14H2,(H,32,36)(H,33,37)(H,34,38)(H,39,40)/t22-/m0/s1. The van der Waals surface area contributed by atoms with E-state index in [9.17, 15) is 42.6 Å². The highest BCUT2D eigenvalue weighted by Gasteiger charge is 2.30. The number of amides is 3. The molecular weight excluding hydrogens is 555 g/mol. The molecule has 0 radical (unpaired) electrons. The molecule has 0 unspecified atom stereocenters. The van der Waals surface area contributed by atoms with Crippen molar-refractivity contribution >= 4 is 35.3 Å². The molecule has 0 aliphatic rings. The molecule has 3 aromatic carbocycles. The number of rotatable bonds is 10. The molecular formula is C27H23ClF3N3O6.